The number of nitrogens with zero attached hydrogens (tertiary/aromatic N) is 1. The minimum Gasteiger partial charge on any atom is -0.480 e. The van der Waals surface area contributed by atoms with Crippen molar-refractivity contribution >= 4 is 27.8 Å². The van der Waals surface area contributed by atoms with E-state index in [1.165, 1.54) is 31.9 Å². The number of carbonyl (C=O) groups is 1. The van der Waals surface area contributed by atoms with E-state index in [2.05, 4.69) is 0 Å². The Morgan fingerprint density at radius 2 is 2.10 bits per heavy atom. The average Bonchev–Trinajstić information content (AvgIpc) is 2.38. The van der Waals surface area contributed by atoms with E-state index in [1.807, 2.05) is 0 Å². The molecule has 0 saturated carbocycles. The van der Waals surface area contributed by atoms with Crippen LogP contribution in [0.1, 0.15) is 5.56 Å². The van der Waals surface area contributed by atoms with Gasteiger partial charge in [0.25, 0.3) is 0 Å². The molecule has 0 radical (unpaired) electrons. The number of carboxylic acid groups (broad SMARTS) is 1. The van der Waals surface area contributed by atoms with E-state index in [0.717, 1.165) is 9.87 Å². The number of hydrogen-bond acceptors (Lipinski definition) is 5. The molecule has 0 amide bonds. The molecular weight excluding hydrogens is 300 g/mol. The monoisotopic (exact) mass is 318 g/mol. The number of nitrogens with two attached hydrogens (primary N) is 1. The van der Waals surface area contributed by atoms with Gasteiger partial charge in [-0.15, -0.1) is 0 Å². The van der Waals surface area contributed by atoms with E-state index in [4.69, 9.17) is 10.8 Å². The fraction of sp³-hybridized carbons (Fsp3) is 0.417. The Morgan fingerprint density at radius 1 is 1.45 bits per heavy atom. The molecule has 1 rings (SSSR count). The van der Waals surface area contributed by atoms with Crippen molar-refractivity contribution in [3.8, 4) is 0 Å². The van der Waals surface area contributed by atoms with E-state index >= 15 is 0 Å². The highest BCUT2D eigenvalue weighted by atomic mass is 32.2. The van der Waals surface area contributed by atoms with Crippen LogP contribution in [0.3, 0.4) is 0 Å². The van der Waals surface area contributed by atoms with Gasteiger partial charge in [0.1, 0.15) is 6.04 Å². The van der Waals surface area contributed by atoms with E-state index in [9.17, 15) is 13.2 Å². The first kappa shape index (κ1) is 17.0. The highest BCUT2D eigenvalue weighted by Gasteiger charge is 2.17. The Balaban J connectivity index is 2.73. The van der Waals surface area contributed by atoms with E-state index in [-0.39, 0.29) is 10.6 Å². The van der Waals surface area contributed by atoms with E-state index < -0.39 is 22.0 Å². The largest absolute Gasteiger partial charge is 0.480 e. The normalized spacial score (nSPS) is 13.4. The van der Waals surface area contributed by atoms with Gasteiger partial charge in [0.2, 0.25) is 10.0 Å². The number of carboxylic acids is 1. The molecule has 3 N–H and O–H groups in total. The topological polar surface area (TPSA) is 101 Å². The molecular formula is C12H18N2O4S2. The summed E-state index contributed by atoms with van der Waals surface area (Å²) < 4.78 is 25.1. The van der Waals surface area contributed by atoms with Crippen LogP contribution >= 0.6 is 11.8 Å². The van der Waals surface area contributed by atoms with Gasteiger partial charge >= 0.3 is 5.97 Å². The van der Waals surface area contributed by atoms with Crippen molar-refractivity contribution in [1.82, 2.24) is 4.31 Å². The maximum atomic E-state index is 12.0. The summed E-state index contributed by atoms with van der Waals surface area (Å²) in [6.45, 7) is 0. The minimum atomic E-state index is -3.45. The second kappa shape index (κ2) is 7.07. The third kappa shape index (κ3) is 4.48. The Labute approximate surface area is 123 Å². The Hall–Kier alpha value is -1.09. The molecule has 6 nitrogen and oxygen atoms in total. The standard InChI is InChI=1S/C12H18N2O4S2/c1-14(2)20(17,18)10-5-3-4-9(6-10)7-19-8-11(13)12(15)16/h3-6,11H,7-8,13H2,1-2H3,(H,15,16). The van der Waals surface area contributed by atoms with Gasteiger partial charge in [-0.2, -0.15) is 11.8 Å². The van der Waals surface area contributed by atoms with Crippen molar-refractivity contribution in [3.05, 3.63) is 29.8 Å². The van der Waals surface area contributed by atoms with Gasteiger partial charge < -0.3 is 10.8 Å². The molecule has 112 valence electrons. The molecule has 0 aliphatic rings. The highest BCUT2D eigenvalue weighted by Crippen LogP contribution is 2.18. The summed E-state index contributed by atoms with van der Waals surface area (Å²) in [5.74, 6) is -0.251. The number of benzene rings is 1. The number of hydrogen-bond donors (Lipinski definition) is 2. The lowest BCUT2D eigenvalue weighted by Gasteiger charge is -2.12. The predicted octanol–water partition coefficient (Wildman–Crippen LogP) is 0.582. The fourth-order valence-electron chi connectivity index (χ4n) is 1.38. The molecule has 1 aromatic rings. The summed E-state index contributed by atoms with van der Waals surface area (Å²) in [5, 5.41) is 8.67. The molecule has 0 fully saturated rings. The SMILES string of the molecule is CN(C)S(=O)(=O)c1cccc(CSCC(N)C(=O)O)c1. The van der Waals surface area contributed by atoms with Crippen LogP contribution in [0.25, 0.3) is 0 Å². The maximum Gasteiger partial charge on any atom is 0.321 e. The van der Waals surface area contributed by atoms with Gasteiger partial charge in [-0.1, -0.05) is 12.1 Å². The van der Waals surface area contributed by atoms with Crippen molar-refractivity contribution in [2.75, 3.05) is 19.8 Å². The summed E-state index contributed by atoms with van der Waals surface area (Å²) in [6, 6.07) is 5.69. The number of rotatable bonds is 7. The van der Waals surface area contributed by atoms with Crippen LogP contribution < -0.4 is 5.73 Å². The second-order valence-corrected chi connectivity index (χ2v) is 7.58. The summed E-state index contributed by atoms with van der Waals surface area (Å²) >= 11 is 1.36. The molecule has 1 unspecified atom stereocenters. The van der Waals surface area contributed by atoms with Crippen molar-refractivity contribution in [1.29, 1.82) is 0 Å². The Morgan fingerprint density at radius 3 is 2.65 bits per heavy atom. The Kier molecular flexibility index (Phi) is 6.00. The minimum absolute atomic E-state index is 0.225. The molecule has 0 aliphatic heterocycles. The molecule has 0 aromatic heterocycles. The maximum absolute atomic E-state index is 12.0. The van der Waals surface area contributed by atoms with E-state index in [1.54, 1.807) is 18.2 Å². The summed E-state index contributed by atoms with van der Waals surface area (Å²) in [6.07, 6.45) is 0. The van der Waals surface area contributed by atoms with Crippen molar-refractivity contribution in [2.45, 2.75) is 16.7 Å². The third-order valence-corrected chi connectivity index (χ3v) is 5.50. The van der Waals surface area contributed by atoms with Crippen molar-refractivity contribution < 1.29 is 18.3 Å². The molecule has 8 heteroatoms. The zero-order chi connectivity index (χ0) is 15.3. The molecule has 1 atom stereocenters. The average molecular weight is 318 g/mol. The predicted molar refractivity (Wildman–Crippen MR) is 79.1 cm³/mol. The molecule has 0 saturated heterocycles. The van der Waals surface area contributed by atoms with Crippen molar-refractivity contribution in [3.63, 3.8) is 0 Å². The van der Waals surface area contributed by atoms with Gasteiger partial charge in [0.15, 0.2) is 0 Å². The van der Waals surface area contributed by atoms with Crippen LogP contribution in [0.4, 0.5) is 0 Å². The van der Waals surface area contributed by atoms with Gasteiger partial charge in [0, 0.05) is 25.6 Å². The zero-order valence-electron chi connectivity index (χ0n) is 11.3. The lowest BCUT2D eigenvalue weighted by Crippen LogP contribution is -2.32. The molecule has 1 aromatic carbocycles. The number of aliphatic carboxylic acids is 1. The summed E-state index contributed by atoms with van der Waals surface area (Å²) in [7, 11) is -0.499. The number of sulfonamides is 1. The van der Waals surface area contributed by atoms with Crippen LogP contribution in [-0.4, -0.2) is 49.7 Å². The van der Waals surface area contributed by atoms with Crippen LogP contribution in [0.2, 0.25) is 0 Å². The lowest BCUT2D eigenvalue weighted by molar-refractivity contribution is -0.137. The van der Waals surface area contributed by atoms with Gasteiger partial charge in [-0.25, -0.2) is 12.7 Å². The fourth-order valence-corrected chi connectivity index (χ4v) is 3.28. The third-order valence-electron chi connectivity index (χ3n) is 2.56. The smallest absolute Gasteiger partial charge is 0.321 e. The molecule has 20 heavy (non-hydrogen) atoms. The summed E-state index contributed by atoms with van der Waals surface area (Å²) in [4.78, 5) is 10.8. The Bertz CT molecular complexity index is 573. The van der Waals surface area contributed by atoms with Crippen LogP contribution in [0.5, 0.6) is 0 Å². The van der Waals surface area contributed by atoms with Crippen LogP contribution in [0.15, 0.2) is 29.2 Å². The van der Waals surface area contributed by atoms with Crippen LogP contribution in [-0.2, 0) is 20.6 Å². The van der Waals surface area contributed by atoms with Gasteiger partial charge in [0.05, 0.1) is 4.90 Å². The zero-order valence-corrected chi connectivity index (χ0v) is 12.9. The first-order chi connectivity index (χ1) is 9.25. The molecule has 0 aliphatic carbocycles. The summed E-state index contributed by atoms with van der Waals surface area (Å²) in [5.41, 5.74) is 6.21. The quantitative estimate of drug-likeness (QED) is 0.763. The molecule has 0 heterocycles. The first-order valence-corrected chi connectivity index (χ1v) is 8.42. The highest BCUT2D eigenvalue weighted by molar-refractivity contribution is 7.98. The first-order valence-electron chi connectivity index (χ1n) is 5.82. The second-order valence-electron chi connectivity index (χ2n) is 4.39. The van der Waals surface area contributed by atoms with E-state index in [0.29, 0.717) is 5.75 Å². The van der Waals surface area contributed by atoms with Crippen LogP contribution in [0, 0.1) is 0 Å². The molecule has 0 bridgehead atoms. The van der Waals surface area contributed by atoms with Crippen molar-refractivity contribution in [2.24, 2.45) is 5.73 Å². The lowest BCUT2D eigenvalue weighted by atomic mass is 10.2. The molecule has 0 spiro atoms. The van der Waals surface area contributed by atoms with Gasteiger partial charge in [-0.05, 0) is 17.7 Å². The number of thioether (sulfide) groups is 1. The van der Waals surface area contributed by atoms with Gasteiger partial charge in [-0.3, -0.25) is 4.79 Å².